The molecule has 0 radical (unpaired) electrons. The van der Waals surface area contributed by atoms with Crippen LogP contribution in [0.4, 0.5) is 0 Å². The van der Waals surface area contributed by atoms with E-state index in [2.05, 4.69) is 39.8 Å². The lowest BCUT2D eigenvalue weighted by Gasteiger charge is -2.14. The van der Waals surface area contributed by atoms with Crippen molar-refractivity contribution in [3.63, 3.8) is 0 Å². The first kappa shape index (κ1) is 18.6. The third-order valence-electron chi connectivity index (χ3n) is 5.25. The SMILES string of the molecule is CCc1ccc(-c2nnn(CC3(C(=O)NCc4ccccc4Cl)CC3)n2)cc1. The molecule has 1 aliphatic rings. The van der Waals surface area contributed by atoms with Crippen LogP contribution in [0.15, 0.2) is 48.5 Å². The van der Waals surface area contributed by atoms with Gasteiger partial charge >= 0.3 is 0 Å². The van der Waals surface area contributed by atoms with E-state index in [1.54, 1.807) is 0 Å². The molecule has 1 heterocycles. The Morgan fingerprint density at radius 2 is 1.93 bits per heavy atom. The molecule has 0 unspecified atom stereocenters. The standard InChI is InChI=1S/C21H22ClN5O/c1-2-15-7-9-16(10-8-15)19-24-26-27(25-19)14-21(11-12-21)20(28)23-13-17-5-3-4-6-18(17)22/h3-10H,2,11-14H2,1H3,(H,23,28). The fraction of sp³-hybridized carbons (Fsp3) is 0.333. The van der Waals surface area contributed by atoms with Crippen molar-refractivity contribution in [3.8, 4) is 11.4 Å². The topological polar surface area (TPSA) is 72.7 Å². The Morgan fingerprint density at radius 1 is 1.18 bits per heavy atom. The van der Waals surface area contributed by atoms with Crippen LogP contribution in [0, 0.1) is 5.41 Å². The van der Waals surface area contributed by atoms with E-state index in [9.17, 15) is 4.79 Å². The Balaban J connectivity index is 1.40. The van der Waals surface area contributed by atoms with E-state index >= 15 is 0 Å². The largest absolute Gasteiger partial charge is 0.351 e. The Hall–Kier alpha value is -2.73. The quantitative estimate of drug-likeness (QED) is 0.662. The molecule has 0 spiro atoms. The third-order valence-corrected chi connectivity index (χ3v) is 5.62. The summed E-state index contributed by atoms with van der Waals surface area (Å²) in [6, 6.07) is 15.7. The monoisotopic (exact) mass is 395 g/mol. The fourth-order valence-corrected chi connectivity index (χ4v) is 3.40. The van der Waals surface area contributed by atoms with Gasteiger partial charge in [0.1, 0.15) is 0 Å². The third kappa shape index (κ3) is 3.92. The molecule has 4 rings (SSSR count). The first-order chi connectivity index (χ1) is 13.6. The maximum absolute atomic E-state index is 12.7. The van der Waals surface area contributed by atoms with Crippen molar-refractivity contribution in [2.24, 2.45) is 5.41 Å². The van der Waals surface area contributed by atoms with Crippen LogP contribution in [0.2, 0.25) is 5.02 Å². The summed E-state index contributed by atoms with van der Waals surface area (Å²) in [5.74, 6) is 0.591. The van der Waals surface area contributed by atoms with E-state index < -0.39 is 5.41 Å². The summed E-state index contributed by atoms with van der Waals surface area (Å²) in [5, 5.41) is 16.4. The van der Waals surface area contributed by atoms with Gasteiger partial charge in [-0.3, -0.25) is 4.79 Å². The zero-order chi connectivity index (χ0) is 19.6. The number of rotatable bonds is 7. The lowest BCUT2D eigenvalue weighted by molar-refractivity contribution is -0.127. The van der Waals surface area contributed by atoms with Crippen LogP contribution < -0.4 is 5.32 Å². The van der Waals surface area contributed by atoms with Gasteiger partial charge in [-0.15, -0.1) is 10.2 Å². The highest BCUT2D eigenvalue weighted by Gasteiger charge is 2.50. The molecule has 1 saturated carbocycles. The number of carbonyl (C=O) groups is 1. The molecule has 2 aromatic carbocycles. The molecule has 144 valence electrons. The number of tetrazole rings is 1. The lowest BCUT2D eigenvalue weighted by atomic mass is 10.1. The smallest absolute Gasteiger partial charge is 0.228 e. The summed E-state index contributed by atoms with van der Waals surface area (Å²) in [6.45, 7) is 2.97. The lowest BCUT2D eigenvalue weighted by Crippen LogP contribution is -2.34. The summed E-state index contributed by atoms with van der Waals surface area (Å²) < 4.78 is 0. The molecule has 0 atom stereocenters. The zero-order valence-electron chi connectivity index (χ0n) is 15.7. The number of nitrogens with zero attached hydrogens (tertiary/aromatic N) is 4. The van der Waals surface area contributed by atoms with Crippen molar-refractivity contribution in [2.75, 3.05) is 0 Å². The molecular formula is C21H22ClN5O. The highest BCUT2D eigenvalue weighted by Crippen LogP contribution is 2.47. The van der Waals surface area contributed by atoms with Crippen molar-refractivity contribution in [1.82, 2.24) is 25.5 Å². The number of carbonyl (C=O) groups excluding carboxylic acids is 1. The molecule has 3 aromatic rings. The minimum Gasteiger partial charge on any atom is -0.351 e. The van der Waals surface area contributed by atoms with Gasteiger partial charge in [-0.05, 0) is 41.7 Å². The first-order valence-corrected chi connectivity index (χ1v) is 9.86. The van der Waals surface area contributed by atoms with Crippen LogP contribution >= 0.6 is 11.6 Å². The molecule has 1 fully saturated rings. The van der Waals surface area contributed by atoms with E-state index in [0.29, 0.717) is 23.9 Å². The number of nitrogens with one attached hydrogen (secondary N) is 1. The minimum absolute atomic E-state index is 0.0126. The summed E-state index contributed by atoms with van der Waals surface area (Å²) in [5.41, 5.74) is 2.65. The Labute approximate surface area is 168 Å². The van der Waals surface area contributed by atoms with Gasteiger partial charge in [-0.25, -0.2) is 0 Å². The van der Waals surface area contributed by atoms with Gasteiger partial charge in [0, 0.05) is 17.1 Å². The second-order valence-corrected chi connectivity index (χ2v) is 7.66. The van der Waals surface area contributed by atoms with E-state index in [-0.39, 0.29) is 5.91 Å². The van der Waals surface area contributed by atoms with E-state index in [1.165, 1.54) is 10.4 Å². The van der Waals surface area contributed by atoms with Crippen LogP contribution in [0.25, 0.3) is 11.4 Å². The number of aromatic nitrogens is 4. The molecule has 0 aliphatic heterocycles. The Kier molecular flexibility index (Phi) is 5.13. The van der Waals surface area contributed by atoms with Crippen molar-refractivity contribution in [1.29, 1.82) is 0 Å². The van der Waals surface area contributed by atoms with E-state index in [1.807, 2.05) is 36.4 Å². The molecule has 1 aromatic heterocycles. The number of halogens is 1. The number of amides is 1. The fourth-order valence-electron chi connectivity index (χ4n) is 3.20. The van der Waals surface area contributed by atoms with Gasteiger partial charge in [0.2, 0.25) is 11.7 Å². The van der Waals surface area contributed by atoms with Gasteiger partial charge < -0.3 is 5.32 Å². The van der Waals surface area contributed by atoms with E-state index in [4.69, 9.17) is 11.6 Å². The molecule has 1 amide bonds. The molecule has 1 aliphatic carbocycles. The van der Waals surface area contributed by atoms with Gasteiger partial charge in [0.25, 0.3) is 0 Å². The highest BCUT2D eigenvalue weighted by molar-refractivity contribution is 6.31. The van der Waals surface area contributed by atoms with Crippen LogP contribution in [0.1, 0.15) is 30.9 Å². The summed E-state index contributed by atoms with van der Waals surface area (Å²) >= 11 is 6.16. The van der Waals surface area contributed by atoms with E-state index in [0.717, 1.165) is 30.4 Å². The normalized spacial score (nSPS) is 14.6. The number of hydrogen-bond acceptors (Lipinski definition) is 4. The Morgan fingerprint density at radius 3 is 2.61 bits per heavy atom. The zero-order valence-corrected chi connectivity index (χ0v) is 16.5. The highest BCUT2D eigenvalue weighted by atomic mass is 35.5. The van der Waals surface area contributed by atoms with Crippen molar-refractivity contribution < 1.29 is 4.79 Å². The van der Waals surface area contributed by atoms with Crippen LogP contribution in [-0.4, -0.2) is 26.1 Å². The predicted molar refractivity (Wildman–Crippen MR) is 108 cm³/mol. The van der Waals surface area contributed by atoms with Crippen molar-refractivity contribution in [2.45, 2.75) is 39.3 Å². The van der Waals surface area contributed by atoms with Crippen LogP contribution in [0.5, 0.6) is 0 Å². The summed E-state index contributed by atoms with van der Waals surface area (Å²) in [6.07, 6.45) is 2.64. The molecule has 6 nitrogen and oxygen atoms in total. The maximum Gasteiger partial charge on any atom is 0.228 e. The van der Waals surface area contributed by atoms with Crippen LogP contribution in [-0.2, 0) is 24.3 Å². The number of hydrogen-bond donors (Lipinski definition) is 1. The molecule has 28 heavy (non-hydrogen) atoms. The number of aryl methyl sites for hydroxylation is 1. The summed E-state index contributed by atoms with van der Waals surface area (Å²) in [4.78, 5) is 14.3. The van der Waals surface area contributed by atoms with Crippen molar-refractivity contribution >= 4 is 17.5 Å². The molecule has 1 N–H and O–H groups in total. The molecule has 7 heteroatoms. The van der Waals surface area contributed by atoms with Crippen LogP contribution in [0.3, 0.4) is 0 Å². The average Bonchev–Trinajstić information content (AvgIpc) is 3.36. The number of benzene rings is 2. The molecular weight excluding hydrogens is 374 g/mol. The van der Waals surface area contributed by atoms with Crippen molar-refractivity contribution in [3.05, 3.63) is 64.7 Å². The maximum atomic E-state index is 12.7. The van der Waals surface area contributed by atoms with Gasteiger partial charge in [0.05, 0.1) is 12.0 Å². The molecule has 0 bridgehead atoms. The van der Waals surface area contributed by atoms with Gasteiger partial charge in [-0.2, -0.15) is 4.80 Å². The first-order valence-electron chi connectivity index (χ1n) is 9.48. The second kappa shape index (κ2) is 7.72. The summed E-state index contributed by atoms with van der Waals surface area (Å²) in [7, 11) is 0. The second-order valence-electron chi connectivity index (χ2n) is 7.25. The average molecular weight is 396 g/mol. The van der Waals surface area contributed by atoms with Gasteiger partial charge in [-0.1, -0.05) is 61.0 Å². The van der Waals surface area contributed by atoms with Gasteiger partial charge in [0.15, 0.2) is 0 Å². The molecule has 0 saturated heterocycles. The minimum atomic E-state index is -0.453. The Bertz CT molecular complexity index is 978. The predicted octanol–water partition coefficient (Wildman–Crippen LogP) is 3.65.